The number of ether oxygens (including phenoxy) is 2. The molecule has 32 heavy (non-hydrogen) atoms. The molecule has 0 atom stereocenters. The van der Waals surface area contributed by atoms with Gasteiger partial charge in [-0.3, -0.25) is 9.69 Å². The first-order valence-electron chi connectivity index (χ1n) is 10.5. The van der Waals surface area contributed by atoms with Crippen LogP contribution in [-0.2, 0) is 9.59 Å². The van der Waals surface area contributed by atoms with Gasteiger partial charge in [0.2, 0.25) is 0 Å². The summed E-state index contributed by atoms with van der Waals surface area (Å²) in [4.78, 5) is 27.3. The monoisotopic (exact) mass is 487 g/mol. The summed E-state index contributed by atoms with van der Waals surface area (Å²) in [6.07, 6.45) is 7.38. The summed E-state index contributed by atoms with van der Waals surface area (Å²) >= 11 is 12.7. The third kappa shape index (κ3) is 5.71. The average molecular weight is 488 g/mol. The van der Waals surface area contributed by atoms with Crippen LogP contribution in [0.15, 0.2) is 53.4 Å². The van der Waals surface area contributed by atoms with E-state index in [0.717, 1.165) is 31.2 Å². The van der Waals surface area contributed by atoms with Crippen LogP contribution in [0.1, 0.15) is 37.7 Å². The SMILES string of the molecule is O=C(COc1ccc(Cl)cc1)Oc1ccc(/C=C2\SC(=S)N(C3CCCCC3)C2=O)cc1. The molecule has 1 heterocycles. The highest BCUT2D eigenvalue weighted by Gasteiger charge is 2.37. The molecule has 0 unspecified atom stereocenters. The van der Waals surface area contributed by atoms with Crippen LogP contribution in [0.4, 0.5) is 0 Å². The van der Waals surface area contributed by atoms with E-state index in [0.29, 0.717) is 25.7 Å². The van der Waals surface area contributed by atoms with E-state index in [1.165, 1.54) is 18.2 Å². The minimum Gasteiger partial charge on any atom is -0.482 e. The van der Waals surface area contributed by atoms with Crippen molar-refractivity contribution in [3.05, 3.63) is 64.0 Å². The molecule has 0 bridgehead atoms. The van der Waals surface area contributed by atoms with Gasteiger partial charge in [0.15, 0.2) is 6.61 Å². The lowest BCUT2D eigenvalue weighted by Crippen LogP contribution is -2.39. The Kier molecular flexibility index (Phi) is 7.50. The van der Waals surface area contributed by atoms with Gasteiger partial charge in [-0.25, -0.2) is 4.79 Å². The largest absolute Gasteiger partial charge is 0.482 e. The van der Waals surface area contributed by atoms with Crippen molar-refractivity contribution >= 4 is 57.9 Å². The van der Waals surface area contributed by atoms with Crippen molar-refractivity contribution in [3.63, 3.8) is 0 Å². The lowest BCUT2D eigenvalue weighted by atomic mass is 9.94. The molecule has 0 spiro atoms. The predicted molar refractivity (Wildman–Crippen MR) is 131 cm³/mol. The molecule has 2 aliphatic rings. The molecule has 2 fully saturated rings. The predicted octanol–water partition coefficient (Wildman–Crippen LogP) is 5.86. The van der Waals surface area contributed by atoms with E-state index >= 15 is 0 Å². The number of thioether (sulfide) groups is 1. The van der Waals surface area contributed by atoms with Gasteiger partial charge in [-0.1, -0.05) is 67.0 Å². The number of hydrogen-bond acceptors (Lipinski definition) is 6. The molecule has 0 radical (unpaired) electrons. The Morgan fingerprint density at radius 1 is 1.06 bits per heavy atom. The summed E-state index contributed by atoms with van der Waals surface area (Å²) in [5.74, 6) is 0.414. The molecule has 1 aliphatic carbocycles. The second-order valence-electron chi connectivity index (χ2n) is 7.63. The van der Waals surface area contributed by atoms with Crippen molar-refractivity contribution < 1.29 is 19.1 Å². The standard InChI is InChI=1S/C24H22ClNO4S2/c25-17-8-12-19(13-9-17)29-15-22(27)30-20-10-6-16(7-11-20)14-21-23(28)26(24(31)32-21)18-4-2-1-3-5-18/h6-14,18H,1-5,15H2/b21-14-. The summed E-state index contributed by atoms with van der Waals surface area (Å²) in [6, 6.07) is 13.9. The van der Waals surface area contributed by atoms with Gasteiger partial charge in [0, 0.05) is 11.1 Å². The molecule has 5 nitrogen and oxygen atoms in total. The number of esters is 1. The normalized spacial score (nSPS) is 18.3. The van der Waals surface area contributed by atoms with E-state index in [4.69, 9.17) is 33.3 Å². The molecule has 1 aliphatic heterocycles. The zero-order valence-corrected chi connectivity index (χ0v) is 19.7. The van der Waals surface area contributed by atoms with Crippen LogP contribution in [0.3, 0.4) is 0 Å². The van der Waals surface area contributed by atoms with Crippen molar-refractivity contribution in [2.45, 2.75) is 38.1 Å². The van der Waals surface area contributed by atoms with Crippen LogP contribution in [0.2, 0.25) is 5.02 Å². The first kappa shape index (κ1) is 22.8. The maximum atomic E-state index is 12.9. The molecule has 4 rings (SSSR count). The van der Waals surface area contributed by atoms with Crippen LogP contribution in [-0.4, -0.2) is 33.7 Å². The topological polar surface area (TPSA) is 55.8 Å². The van der Waals surface area contributed by atoms with Gasteiger partial charge in [0.25, 0.3) is 5.91 Å². The first-order chi connectivity index (χ1) is 15.5. The van der Waals surface area contributed by atoms with Crippen LogP contribution in [0.25, 0.3) is 6.08 Å². The average Bonchev–Trinajstić information content (AvgIpc) is 3.08. The van der Waals surface area contributed by atoms with Crippen molar-refractivity contribution in [1.29, 1.82) is 0 Å². The zero-order valence-electron chi connectivity index (χ0n) is 17.3. The molecule has 166 valence electrons. The fourth-order valence-electron chi connectivity index (χ4n) is 3.75. The Morgan fingerprint density at radius 3 is 2.41 bits per heavy atom. The summed E-state index contributed by atoms with van der Waals surface area (Å²) in [5.41, 5.74) is 0.839. The fraction of sp³-hybridized carbons (Fsp3) is 0.292. The van der Waals surface area contributed by atoms with Gasteiger partial charge in [-0.2, -0.15) is 0 Å². The second kappa shape index (κ2) is 10.5. The first-order valence-corrected chi connectivity index (χ1v) is 12.1. The zero-order chi connectivity index (χ0) is 22.5. The molecule has 2 aromatic rings. The molecule has 8 heteroatoms. The van der Waals surface area contributed by atoms with Crippen LogP contribution >= 0.6 is 35.6 Å². The minimum atomic E-state index is -0.513. The smallest absolute Gasteiger partial charge is 0.349 e. The molecule has 1 amide bonds. The number of amides is 1. The van der Waals surface area contributed by atoms with Crippen LogP contribution < -0.4 is 9.47 Å². The summed E-state index contributed by atoms with van der Waals surface area (Å²) in [5, 5.41) is 0.594. The Bertz CT molecular complexity index is 1030. The Balaban J connectivity index is 1.33. The number of hydrogen-bond donors (Lipinski definition) is 0. The summed E-state index contributed by atoms with van der Waals surface area (Å²) < 4.78 is 11.3. The summed E-state index contributed by atoms with van der Waals surface area (Å²) in [7, 11) is 0. The van der Waals surface area contributed by atoms with E-state index < -0.39 is 5.97 Å². The van der Waals surface area contributed by atoms with Gasteiger partial charge in [-0.05, 0) is 60.9 Å². The highest BCUT2D eigenvalue weighted by atomic mass is 35.5. The lowest BCUT2D eigenvalue weighted by Gasteiger charge is -2.29. The second-order valence-corrected chi connectivity index (χ2v) is 9.74. The van der Waals surface area contributed by atoms with Crippen molar-refractivity contribution in [2.75, 3.05) is 6.61 Å². The quantitative estimate of drug-likeness (QED) is 0.220. The van der Waals surface area contributed by atoms with Crippen LogP contribution in [0, 0.1) is 0 Å². The van der Waals surface area contributed by atoms with Crippen LogP contribution in [0.5, 0.6) is 11.5 Å². The maximum absolute atomic E-state index is 12.9. The molecule has 1 saturated heterocycles. The van der Waals surface area contributed by atoms with Gasteiger partial charge < -0.3 is 9.47 Å². The van der Waals surface area contributed by atoms with Crippen molar-refractivity contribution in [3.8, 4) is 11.5 Å². The molecular formula is C24H22ClNO4S2. The highest BCUT2D eigenvalue weighted by molar-refractivity contribution is 8.26. The molecule has 0 aromatic heterocycles. The molecule has 2 aromatic carbocycles. The van der Waals surface area contributed by atoms with Gasteiger partial charge in [-0.15, -0.1) is 0 Å². The van der Waals surface area contributed by atoms with Gasteiger partial charge in [0.05, 0.1) is 4.91 Å². The summed E-state index contributed by atoms with van der Waals surface area (Å²) in [6.45, 7) is -0.215. The molecular weight excluding hydrogens is 466 g/mol. The van der Waals surface area contributed by atoms with E-state index in [9.17, 15) is 9.59 Å². The van der Waals surface area contributed by atoms with E-state index in [-0.39, 0.29) is 18.6 Å². The number of carbonyl (C=O) groups excluding carboxylic acids is 2. The third-order valence-electron chi connectivity index (χ3n) is 5.34. The Morgan fingerprint density at radius 2 is 1.72 bits per heavy atom. The highest BCUT2D eigenvalue weighted by Crippen LogP contribution is 2.37. The fourth-order valence-corrected chi connectivity index (χ4v) is 5.28. The van der Waals surface area contributed by atoms with Crippen molar-refractivity contribution in [1.82, 2.24) is 4.90 Å². The van der Waals surface area contributed by atoms with E-state index in [1.54, 1.807) is 53.4 Å². The molecule has 1 saturated carbocycles. The number of halogens is 1. The third-order valence-corrected chi connectivity index (χ3v) is 6.93. The number of carbonyl (C=O) groups is 2. The van der Waals surface area contributed by atoms with Gasteiger partial charge in [0.1, 0.15) is 15.8 Å². The number of nitrogens with zero attached hydrogens (tertiary/aromatic N) is 1. The number of rotatable bonds is 6. The Labute approximate surface area is 201 Å². The lowest BCUT2D eigenvalue weighted by molar-refractivity contribution is -0.136. The number of thiocarbonyl (C=S) groups is 1. The minimum absolute atomic E-state index is 0.0123. The Hall–Kier alpha value is -2.35. The number of benzene rings is 2. The molecule has 0 N–H and O–H groups in total. The maximum Gasteiger partial charge on any atom is 0.349 e. The van der Waals surface area contributed by atoms with Gasteiger partial charge >= 0.3 is 5.97 Å². The van der Waals surface area contributed by atoms with Crippen molar-refractivity contribution in [2.24, 2.45) is 0 Å². The van der Waals surface area contributed by atoms with E-state index in [2.05, 4.69) is 0 Å². The van der Waals surface area contributed by atoms with E-state index in [1.807, 2.05) is 6.08 Å².